The first-order valence-electron chi connectivity index (χ1n) is 9.46. The van der Waals surface area contributed by atoms with Crippen LogP contribution in [0.3, 0.4) is 0 Å². The molecule has 0 saturated heterocycles. The van der Waals surface area contributed by atoms with E-state index in [1.165, 1.54) is 0 Å². The lowest BCUT2D eigenvalue weighted by atomic mass is 10.0. The molecule has 0 bridgehead atoms. The molecule has 8 heteroatoms. The van der Waals surface area contributed by atoms with E-state index in [2.05, 4.69) is 15.5 Å². The standard InChI is InChI=1S/C20H27N3O5/c1-4-17-22-19(28-23-17)11-7-10-18(24)21-16(13-20(25)27-5-2)14-8-6-9-15(12-14)26-3/h6,8-9,12,16H,4-5,7,10-11,13H2,1-3H3,(H,21,24). The molecule has 0 radical (unpaired) electrons. The summed E-state index contributed by atoms with van der Waals surface area (Å²) in [6.45, 7) is 3.99. The Balaban J connectivity index is 1.95. The molecule has 28 heavy (non-hydrogen) atoms. The second kappa shape index (κ2) is 11.1. The van der Waals surface area contributed by atoms with Gasteiger partial charge in [0.05, 0.1) is 26.2 Å². The summed E-state index contributed by atoms with van der Waals surface area (Å²) in [7, 11) is 1.57. The maximum absolute atomic E-state index is 12.4. The molecule has 0 fully saturated rings. The Morgan fingerprint density at radius 3 is 2.79 bits per heavy atom. The molecule has 0 aliphatic rings. The third-order valence-corrected chi connectivity index (χ3v) is 4.13. The Labute approximate surface area is 164 Å². The third-order valence-electron chi connectivity index (χ3n) is 4.13. The van der Waals surface area contributed by atoms with E-state index >= 15 is 0 Å². The molecule has 0 spiro atoms. The number of hydrogen-bond acceptors (Lipinski definition) is 7. The van der Waals surface area contributed by atoms with Gasteiger partial charge in [-0.2, -0.15) is 4.98 Å². The smallest absolute Gasteiger partial charge is 0.308 e. The van der Waals surface area contributed by atoms with Crippen LogP contribution >= 0.6 is 0 Å². The Hall–Kier alpha value is -2.90. The molecular formula is C20H27N3O5. The number of carbonyl (C=O) groups excluding carboxylic acids is 2. The number of amides is 1. The summed E-state index contributed by atoms with van der Waals surface area (Å²) in [5.74, 6) is 1.32. The number of carbonyl (C=O) groups is 2. The van der Waals surface area contributed by atoms with E-state index in [4.69, 9.17) is 14.0 Å². The first-order chi connectivity index (χ1) is 13.5. The SMILES string of the molecule is CCOC(=O)CC(NC(=O)CCCc1nc(CC)no1)c1cccc(OC)c1. The van der Waals surface area contributed by atoms with Gasteiger partial charge in [0.25, 0.3) is 0 Å². The zero-order valence-corrected chi connectivity index (χ0v) is 16.6. The second-order valence-corrected chi connectivity index (χ2v) is 6.22. The van der Waals surface area contributed by atoms with Crippen molar-refractivity contribution in [2.75, 3.05) is 13.7 Å². The van der Waals surface area contributed by atoms with Crippen LogP contribution in [0.4, 0.5) is 0 Å². The van der Waals surface area contributed by atoms with Gasteiger partial charge in [0.15, 0.2) is 5.82 Å². The average molecular weight is 389 g/mol. The topological polar surface area (TPSA) is 104 Å². The van der Waals surface area contributed by atoms with E-state index in [0.29, 0.717) is 43.3 Å². The summed E-state index contributed by atoms with van der Waals surface area (Å²) in [5.41, 5.74) is 0.783. The number of esters is 1. The lowest BCUT2D eigenvalue weighted by molar-refractivity contribution is -0.143. The van der Waals surface area contributed by atoms with Crippen molar-refractivity contribution in [1.82, 2.24) is 15.5 Å². The van der Waals surface area contributed by atoms with Gasteiger partial charge >= 0.3 is 5.97 Å². The summed E-state index contributed by atoms with van der Waals surface area (Å²) in [6.07, 6.45) is 2.15. The summed E-state index contributed by atoms with van der Waals surface area (Å²) >= 11 is 0. The molecule has 1 heterocycles. The highest BCUT2D eigenvalue weighted by molar-refractivity contribution is 5.78. The molecule has 8 nitrogen and oxygen atoms in total. The van der Waals surface area contributed by atoms with E-state index in [0.717, 1.165) is 5.56 Å². The molecule has 0 saturated carbocycles. The van der Waals surface area contributed by atoms with Gasteiger partial charge in [-0.3, -0.25) is 9.59 Å². The fraction of sp³-hybridized carbons (Fsp3) is 0.500. The van der Waals surface area contributed by atoms with E-state index in [1.54, 1.807) is 20.1 Å². The summed E-state index contributed by atoms with van der Waals surface area (Å²) in [5, 5.41) is 6.75. The van der Waals surface area contributed by atoms with Crippen LogP contribution in [-0.4, -0.2) is 35.7 Å². The monoisotopic (exact) mass is 389 g/mol. The first kappa shape index (κ1) is 21.4. The molecular weight excluding hydrogens is 362 g/mol. The first-order valence-corrected chi connectivity index (χ1v) is 9.46. The van der Waals surface area contributed by atoms with E-state index in [9.17, 15) is 9.59 Å². The summed E-state index contributed by atoms with van der Waals surface area (Å²) < 4.78 is 15.4. The van der Waals surface area contributed by atoms with Crippen LogP contribution in [0.5, 0.6) is 5.75 Å². The Bertz CT molecular complexity index is 775. The minimum Gasteiger partial charge on any atom is -0.497 e. The normalized spacial score (nSPS) is 11.7. The number of hydrogen-bond donors (Lipinski definition) is 1. The quantitative estimate of drug-likeness (QED) is 0.589. The highest BCUT2D eigenvalue weighted by Crippen LogP contribution is 2.22. The van der Waals surface area contributed by atoms with Gasteiger partial charge in [0, 0.05) is 19.3 Å². The van der Waals surface area contributed by atoms with Crippen LogP contribution in [0.1, 0.15) is 56.4 Å². The van der Waals surface area contributed by atoms with Gasteiger partial charge in [0.1, 0.15) is 5.75 Å². The molecule has 152 valence electrons. The van der Waals surface area contributed by atoms with Crippen molar-refractivity contribution in [3.8, 4) is 5.75 Å². The van der Waals surface area contributed by atoms with Gasteiger partial charge in [-0.05, 0) is 31.0 Å². The number of aromatic nitrogens is 2. The molecule has 2 aromatic rings. The second-order valence-electron chi connectivity index (χ2n) is 6.22. The number of ether oxygens (including phenoxy) is 2. The molecule has 1 N–H and O–H groups in total. The van der Waals surface area contributed by atoms with Crippen molar-refractivity contribution in [2.45, 2.75) is 52.0 Å². The van der Waals surface area contributed by atoms with Gasteiger partial charge in [-0.25, -0.2) is 0 Å². The Morgan fingerprint density at radius 2 is 2.11 bits per heavy atom. The largest absolute Gasteiger partial charge is 0.497 e. The van der Waals surface area contributed by atoms with Crippen LogP contribution in [0.2, 0.25) is 0 Å². The van der Waals surface area contributed by atoms with E-state index in [-0.39, 0.29) is 24.7 Å². The van der Waals surface area contributed by atoms with Gasteiger partial charge < -0.3 is 19.3 Å². The van der Waals surface area contributed by atoms with Gasteiger partial charge in [-0.1, -0.05) is 24.2 Å². The number of nitrogens with zero attached hydrogens (tertiary/aromatic N) is 2. The van der Waals surface area contributed by atoms with Crippen molar-refractivity contribution >= 4 is 11.9 Å². The highest BCUT2D eigenvalue weighted by Gasteiger charge is 2.20. The maximum atomic E-state index is 12.4. The molecule has 2 rings (SSSR count). The van der Waals surface area contributed by atoms with Gasteiger partial charge in [0.2, 0.25) is 11.8 Å². The molecule has 1 unspecified atom stereocenters. The molecule has 1 aromatic heterocycles. The highest BCUT2D eigenvalue weighted by atomic mass is 16.5. The van der Waals surface area contributed by atoms with Crippen LogP contribution in [0.25, 0.3) is 0 Å². The Kier molecular flexibility index (Phi) is 8.45. The van der Waals surface area contributed by atoms with Crippen molar-refractivity contribution in [3.63, 3.8) is 0 Å². The molecule has 0 aliphatic heterocycles. The minimum absolute atomic E-state index is 0.0519. The lowest BCUT2D eigenvalue weighted by Gasteiger charge is -2.19. The molecule has 1 aromatic carbocycles. The third kappa shape index (κ3) is 6.68. The van der Waals surface area contributed by atoms with Crippen LogP contribution in [0, 0.1) is 0 Å². The van der Waals surface area contributed by atoms with Crippen LogP contribution in [-0.2, 0) is 27.2 Å². The van der Waals surface area contributed by atoms with Crippen molar-refractivity contribution in [1.29, 1.82) is 0 Å². The van der Waals surface area contributed by atoms with Crippen molar-refractivity contribution in [3.05, 3.63) is 41.5 Å². The van der Waals surface area contributed by atoms with Crippen LogP contribution in [0.15, 0.2) is 28.8 Å². The zero-order chi connectivity index (χ0) is 20.4. The van der Waals surface area contributed by atoms with Crippen molar-refractivity contribution in [2.24, 2.45) is 0 Å². The Morgan fingerprint density at radius 1 is 1.29 bits per heavy atom. The lowest BCUT2D eigenvalue weighted by Crippen LogP contribution is -2.30. The number of methoxy groups -OCH3 is 1. The summed E-state index contributed by atoms with van der Waals surface area (Å²) in [4.78, 5) is 28.6. The van der Waals surface area contributed by atoms with Crippen molar-refractivity contribution < 1.29 is 23.6 Å². The molecule has 1 atom stereocenters. The number of rotatable bonds is 11. The fourth-order valence-electron chi connectivity index (χ4n) is 2.70. The minimum atomic E-state index is -0.489. The number of benzene rings is 1. The van der Waals surface area contributed by atoms with Gasteiger partial charge in [-0.15, -0.1) is 0 Å². The maximum Gasteiger partial charge on any atom is 0.308 e. The predicted molar refractivity (Wildman–Crippen MR) is 102 cm³/mol. The molecule has 1 amide bonds. The number of nitrogens with one attached hydrogen (secondary N) is 1. The molecule has 0 aliphatic carbocycles. The summed E-state index contributed by atoms with van der Waals surface area (Å²) in [6, 6.07) is 6.78. The number of aryl methyl sites for hydroxylation is 2. The fourth-order valence-corrected chi connectivity index (χ4v) is 2.70. The predicted octanol–water partition coefficient (Wildman–Crippen LogP) is 2.77. The van der Waals surface area contributed by atoms with E-state index < -0.39 is 6.04 Å². The van der Waals surface area contributed by atoms with Crippen LogP contribution < -0.4 is 10.1 Å². The average Bonchev–Trinajstić information content (AvgIpc) is 3.15. The van der Waals surface area contributed by atoms with E-state index in [1.807, 2.05) is 25.1 Å². The zero-order valence-electron chi connectivity index (χ0n) is 16.6.